The molecule has 0 aliphatic rings. The van der Waals surface area contributed by atoms with Crippen LogP contribution in [0.4, 0.5) is 0 Å². The molecule has 0 saturated heterocycles. The third kappa shape index (κ3) is 7.22. The number of rotatable bonds is 11. The molecular formula is C16H25NO4. The first-order valence-corrected chi connectivity index (χ1v) is 7.19. The predicted octanol–water partition coefficient (Wildman–Crippen LogP) is 1.59. The molecule has 0 aromatic heterocycles. The molecule has 0 amide bonds. The van der Waals surface area contributed by atoms with Gasteiger partial charge in [0.15, 0.2) is 0 Å². The quantitative estimate of drug-likeness (QED) is 0.496. The van der Waals surface area contributed by atoms with Gasteiger partial charge in [-0.25, -0.2) is 0 Å². The topological polar surface area (TPSA) is 56.8 Å². The molecule has 0 heterocycles. The molecule has 1 rings (SSSR count). The lowest BCUT2D eigenvalue weighted by molar-refractivity contribution is -0.142. The lowest BCUT2D eigenvalue weighted by Crippen LogP contribution is -2.29. The Bertz CT molecular complexity index is 383. The fourth-order valence-electron chi connectivity index (χ4n) is 1.95. The molecule has 0 spiro atoms. The zero-order valence-electron chi connectivity index (χ0n) is 12.8. The normalized spacial score (nSPS) is 12.1. The molecular weight excluding hydrogens is 270 g/mol. The monoisotopic (exact) mass is 295 g/mol. The minimum Gasteiger partial charge on any atom is -0.469 e. The highest BCUT2D eigenvalue weighted by Crippen LogP contribution is 2.16. The summed E-state index contributed by atoms with van der Waals surface area (Å²) in [6, 6.07) is 9.67. The second kappa shape index (κ2) is 11.3. The van der Waals surface area contributed by atoms with E-state index in [9.17, 15) is 4.79 Å². The number of esters is 1. The lowest BCUT2D eigenvalue weighted by atomic mass is 9.99. The van der Waals surface area contributed by atoms with Crippen molar-refractivity contribution in [2.45, 2.75) is 12.3 Å². The number of carbonyl (C=O) groups is 1. The Hall–Kier alpha value is -1.43. The minimum absolute atomic E-state index is 0.218. The molecule has 1 N–H and O–H groups in total. The molecule has 0 fully saturated rings. The maximum Gasteiger partial charge on any atom is 0.314 e. The second-order valence-electron chi connectivity index (χ2n) is 4.65. The fourth-order valence-corrected chi connectivity index (χ4v) is 1.95. The van der Waals surface area contributed by atoms with Gasteiger partial charge in [0.05, 0.1) is 26.2 Å². The summed E-state index contributed by atoms with van der Waals surface area (Å²) in [5, 5.41) is 3.28. The summed E-state index contributed by atoms with van der Waals surface area (Å²) in [5.74, 6) is -0.490. The van der Waals surface area contributed by atoms with Crippen molar-refractivity contribution >= 4 is 5.97 Å². The third-order valence-electron chi connectivity index (χ3n) is 3.11. The van der Waals surface area contributed by atoms with Crippen LogP contribution in [0.5, 0.6) is 0 Å². The van der Waals surface area contributed by atoms with Crippen LogP contribution >= 0.6 is 0 Å². The van der Waals surface area contributed by atoms with E-state index in [2.05, 4.69) is 5.32 Å². The zero-order valence-corrected chi connectivity index (χ0v) is 12.8. The van der Waals surface area contributed by atoms with E-state index in [1.54, 1.807) is 7.11 Å². The van der Waals surface area contributed by atoms with Crippen LogP contribution in [-0.2, 0) is 19.0 Å². The highest BCUT2D eigenvalue weighted by atomic mass is 16.5. The van der Waals surface area contributed by atoms with Gasteiger partial charge >= 0.3 is 5.97 Å². The van der Waals surface area contributed by atoms with E-state index < -0.39 is 0 Å². The molecule has 5 heteroatoms. The van der Waals surface area contributed by atoms with Crippen molar-refractivity contribution in [1.82, 2.24) is 5.32 Å². The summed E-state index contributed by atoms with van der Waals surface area (Å²) >= 11 is 0. The summed E-state index contributed by atoms with van der Waals surface area (Å²) in [4.78, 5) is 11.8. The number of nitrogens with one attached hydrogen (secondary N) is 1. The number of hydrogen-bond donors (Lipinski definition) is 1. The van der Waals surface area contributed by atoms with E-state index in [-0.39, 0.29) is 11.9 Å². The van der Waals surface area contributed by atoms with Gasteiger partial charge in [-0.1, -0.05) is 30.3 Å². The number of benzene rings is 1. The molecule has 1 atom stereocenters. The molecule has 1 aromatic carbocycles. The predicted molar refractivity (Wildman–Crippen MR) is 81.4 cm³/mol. The Morgan fingerprint density at radius 3 is 2.57 bits per heavy atom. The van der Waals surface area contributed by atoms with Gasteiger partial charge in [0, 0.05) is 20.3 Å². The summed E-state index contributed by atoms with van der Waals surface area (Å²) in [6.45, 7) is 3.28. The summed E-state index contributed by atoms with van der Waals surface area (Å²) < 4.78 is 15.1. The Morgan fingerprint density at radius 1 is 1.14 bits per heavy atom. The SMILES string of the molecule is COCCOCCCNCC(C(=O)OC)c1ccccc1. The largest absolute Gasteiger partial charge is 0.469 e. The molecule has 0 saturated carbocycles. The standard InChI is InChI=1S/C16H25NO4/c1-19-11-12-21-10-6-9-17-13-15(16(18)20-2)14-7-4-3-5-8-14/h3-5,7-8,15,17H,6,9-13H2,1-2H3. The number of hydrogen-bond acceptors (Lipinski definition) is 5. The minimum atomic E-state index is -0.273. The van der Waals surface area contributed by atoms with Gasteiger partial charge < -0.3 is 19.5 Å². The van der Waals surface area contributed by atoms with Gasteiger partial charge in [-0.15, -0.1) is 0 Å². The maximum absolute atomic E-state index is 11.8. The second-order valence-corrected chi connectivity index (χ2v) is 4.65. The Balaban J connectivity index is 2.27. The van der Waals surface area contributed by atoms with Gasteiger partial charge in [0.1, 0.15) is 0 Å². The third-order valence-corrected chi connectivity index (χ3v) is 3.11. The molecule has 0 bridgehead atoms. The van der Waals surface area contributed by atoms with Crippen LogP contribution in [0.25, 0.3) is 0 Å². The molecule has 1 aromatic rings. The molecule has 5 nitrogen and oxygen atoms in total. The number of ether oxygens (including phenoxy) is 3. The van der Waals surface area contributed by atoms with E-state index in [0.717, 1.165) is 18.5 Å². The van der Waals surface area contributed by atoms with Gasteiger partial charge in [-0.05, 0) is 18.5 Å². The number of methoxy groups -OCH3 is 2. The van der Waals surface area contributed by atoms with Gasteiger partial charge in [0.25, 0.3) is 0 Å². The number of carbonyl (C=O) groups excluding carboxylic acids is 1. The smallest absolute Gasteiger partial charge is 0.314 e. The maximum atomic E-state index is 11.8. The first-order valence-electron chi connectivity index (χ1n) is 7.19. The Morgan fingerprint density at radius 2 is 1.90 bits per heavy atom. The van der Waals surface area contributed by atoms with Crippen LogP contribution < -0.4 is 5.32 Å². The van der Waals surface area contributed by atoms with E-state index in [1.165, 1.54) is 7.11 Å². The summed E-state index contributed by atoms with van der Waals surface area (Å²) in [5.41, 5.74) is 0.966. The van der Waals surface area contributed by atoms with Crippen LogP contribution in [0.2, 0.25) is 0 Å². The molecule has 118 valence electrons. The summed E-state index contributed by atoms with van der Waals surface area (Å²) in [7, 11) is 3.07. The van der Waals surface area contributed by atoms with Crippen molar-refractivity contribution in [3.8, 4) is 0 Å². The van der Waals surface area contributed by atoms with Crippen molar-refractivity contribution in [1.29, 1.82) is 0 Å². The Kier molecular flexibility index (Phi) is 9.44. The highest BCUT2D eigenvalue weighted by Gasteiger charge is 2.20. The lowest BCUT2D eigenvalue weighted by Gasteiger charge is -2.15. The molecule has 0 aliphatic carbocycles. The molecule has 0 radical (unpaired) electrons. The highest BCUT2D eigenvalue weighted by molar-refractivity contribution is 5.78. The van der Waals surface area contributed by atoms with Crippen molar-refractivity contribution in [2.24, 2.45) is 0 Å². The van der Waals surface area contributed by atoms with Crippen molar-refractivity contribution < 1.29 is 19.0 Å². The van der Waals surface area contributed by atoms with E-state index >= 15 is 0 Å². The fraction of sp³-hybridized carbons (Fsp3) is 0.562. The average Bonchev–Trinajstić information content (AvgIpc) is 2.53. The van der Waals surface area contributed by atoms with E-state index in [1.807, 2.05) is 30.3 Å². The average molecular weight is 295 g/mol. The van der Waals surface area contributed by atoms with Crippen LogP contribution in [0.3, 0.4) is 0 Å². The van der Waals surface area contributed by atoms with Gasteiger partial charge in [0.2, 0.25) is 0 Å². The van der Waals surface area contributed by atoms with Crippen molar-refractivity contribution in [3.05, 3.63) is 35.9 Å². The van der Waals surface area contributed by atoms with Crippen LogP contribution in [0, 0.1) is 0 Å². The van der Waals surface area contributed by atoms with Crippen LogP contribution in [0.1, 0.15) is 17.9 Å². The van der Waals surface area contributed by atoms with Crippen LogP contribution in [-0.4, -0.2) is 53.1 Å². The Labute approximate surface area is 126 Å². The van der Waals surface area contributed by atoms with Gasteiger partial charge in [-0.3, -0.25) is 4.79 Å². The molecule has 21 heavy (non-hydrogen) atoms. The first kappa shape index (κ1) is 17.6. The van der Waals surface area contributed by atoms with E-state index in [0.29, 0.717) is 26.4 Å². The van der Waals surface area contributed by atoms with Crippen molar-refractivity contribution in [3.63, 3.8) is 0 Å². The zero-order chi connectivity index (χ0) is 15.3. The molecule has 1 unspecified atom stereocenters. The van der Waals surface area contributed by atoms with Crippen molar-refractivity contribution in [2.75, 3.05) is 47.1 Å². The first-order chi connectivity index (χ1) is 10.3. The summed E-state index contributed by atoms with van der Waals surface area (Å²) in [6.07, 6.45) is 0.895. The molecule has 0 aliphatic heterocycles. The van der Waals surface area contributed by atoms with Crippen LogP contribution in [0.15, 0.2) is 30.3 Å². The van der Waals surface area contributed by atoms with E-state index in [4.69, 9.17) is 14.2 Å². The van der Waals surface area contributed by atoms with Gasteiger partial charge in [-0.2, -0.15) is 0 Å².